The van der Waals surface area contributed by atoms with Crippen LogP contribution in [0.15, 0.2) is 41.3 Å². The molecule has 4 rings (SSSR count). The highest BCUT2D eigenvalue weighted by molar-refractivity contribution is 5.76. The number of fused-ring (bicyclic) bond motifs is 1. The lowest BCUT2D eigenvalue weighted by Gasteiger charge is -2.19. The third-order valence-corrected chi connectivity index (χ3v) is 5.00. The zero-order valence-corrected chi connectivity index (χ0v) is 16.3. The predicted molar refractivity (Wildman–Crippen MR) is 99.8 cm³/mol. The molecular weight excluding hydrogens is 421 g/mol. The van der Waals surface area contributed by atoms with Crippen LogP contribution in [0.4, 0.5) is 19.1 Å². The van der Waals surface area contributed by atoms with Crippen LogP contribution >= 0.6 is 0 Å². The Hall–Kier alpha value is -3.15. The lowest BCUT2D eigenvalue weighted by molar-refractivity contribution is -0.192. The van der Waals surface area contributed by atoms with Crippen LogP contribution in [0.2, 0.25) is 0 Å². The molecular formula is C19H21F3N4O5. The molecule has 2 fully saturated rings. The second kappa shape index (κ2) is 9.77. The molecule has 2 aromatic rings. The number of aliphatic carboxylic acids is 1. The molecule has 31 heavy (non-hydrogen) atoms. The van der Waals surface area contributed by atoms with Crippen molar-refractivity contribution in [2.24, 2.45) is 11.8 Å². The minimum absolute atomic E-state index is 0.0371. The highest BCUT2D eigenvalue weighted by Crippen LogP contribution is 2.36. The number of rotatable bonds is 5. The van der Waals surface area contributed by atoms with E-state index in [1.54, 1.807) is 18.7 Å². The van der Waals surface area contributed by atoms with Crippen molar-refractivity contribution >= 4 is 17.8 Å². The van der Waals surface area contributed by atoms with E-state index in [9.17, 15) is 18.0 Å². The molecule has 0 unspecified atom stereocenters. The Morgan fingerprint density at radius 3 is 2.55 bits per heavy atom. The lowest BCUT2D eigenvalue weighted by Crippen LogP contribution is -2.30. The number of hydrogen-bond acceptors (Lipinski definition) is 7. The Kier molecular flexibility index (Phi) is 7.10. The van der Waals surface area contributed by atoms with E-state index < -0.39 is 12.1 Å². The van der Waals surface area contributed by atoms with Crippen molar-refractivity contribution in [3.05, 3.63) is 42.6 Å². The number of hydrogen-bond donors (Lipinski definition) is 2. The number of carbonyl (C=O) groups is 2. The van der Waals surface area contributed by atoms with Crippen LogP contribution in [0.5, 0.6) is 0 Å². The summed E-state index contributed by atoms with van der Waals surface area (Å²) in [6.07, 6.45) is 0.658. The number of alkyl halides is 3. The van der Waals surface area contributed by atoms with Crippen molar-refractivity contribution in [1.29, 1.82) is 0 Å². The molecule has 0 bridgehead atoms. The second-order valence-corrected chi connectivity index (χ2v) is 7.11. The van der Waals surface area contributed by atoms with Crippen LogP contribution < -0.4 is 10.2 Å². The van der Waals surface area contributed by atoms with Crippen LogP contribution in [-0.2, 0) is 20.9 Å². The predicted octanol–water partition coefficient (Wildman–Crippen LogP) is 1.86. The number of carboxylic acids is 1. The maximum Gasteiger partial charge on any atom is 0.490 e. The van der Waals surface area contributed by atoms with Crippen molar-refractivity contribution in [1.82, 2.24) is 15.3 Å². The minimum atomic E-state index is -5.08. The highest BCUT2D eigenvalue weighted by Gasteiger charge is 2.45. The molecule has 2 aromatic heterocycles. The molecule has 2 aliphatic rings. The second-order valence-electron chi connectivity index (χ2n) is 7.11. The van der Waals surface area contributed by atoms with Crippen LogP contribution in [0, 0.1) is 11.8 Å². The first-order valence-electron chi connectivity index (χ1n) is 9.47. The number of nitrogens with one attached hydrogen (secondary N) is 1. The summed E-state index contributed by atoms with van der Waals surface area (Å²) in [4.78, 5) is 31.8. The van der Waals surface area contributed by atoms with Crippen molar-refractivity contribution in [3.63, 3.8) is 0 Å². The molecule has 168 valence electrons. The molecule has 2 aliphatic heterocycles. The Labute approximate surface area is 175 Å². The number of aromatic nitrogens is 2. The maximum absolute atomic E-state index is 12.2. The van der Waals surface area contributed by atoms with Gasteiger partial charge < -0.3 is 24.5 Å². The summed E-state index contributed by atoms with van der Waals surface area (Å²) in [5, 5.41) is 10.0. The third-order valence-electron chi connectivity index (χ3n) is 5.00. The van der Waals surface area contributed by atoms with Crippen molar-refractivity contribution in [3.8, 4) is 0 Å². The first kappa shape index (κ1) is 22.5. The Morgan fingerprint density at radius 1 is 1.23 bits per heavy atom. The van der Waals surface area contributed by atoms with Gasteiger partial charge in [-0.15, -0.1) is 0 Å². The van der Waals surface area contributed by atoms with Gasteiger partial charge in [0.15, 0.2) is 0 Å². The quantitative estimate of drug-likeness (QED) is 0.721. The lowest BCUT2D eigenvalue weighted by atomic mass is 9.90. The number of furan rings is 1. The van der Waals surface area contributed by atoms with Crippen molar-refractivity contribution in [2.75, 3.05) is 24.6 Å². The summed E-state index contributed by atoms with van der Waals surface area (Å²) in [7, 11) is 0. The van der Waals surface area contributed by atoms with E-state index in [-0.39, 0.29) is 17.9 Å². The topological polar surface area (TPSA) is 118 Å². The Balaban J connectivity index is 0.000000339. The fourth-order valence-electron chi connectivity index (χ4n) is 3.54. The van der Waals surface area contributed by atoms with Gasteiger partial charge in [0.25, 0.3) is 0 Å². The molecule has 4 heterocycles. The molecule has 1 amide bonds. The third kappa shape index (κ3) is 6.17. The van der Waals surface area contributed by atoms with Crippen LogP contribution in [0.3, 0.4) is 0 Å². The van der Waals surface area contributed by atoms with Crippen LogP contribution in [0.1, 0.15) is 12.2 Å². The van der Waals surface area contributed by atoms with Gasteiger partial charge in [0.05, 0.1) is 25.5 Å². The van der Waals surface area contributed by atoms with E-state index >= 15 is 0 Å². The maximum atomic E-state index is 12.2. The van der Waals surface area contributed by atoms with Crippen molar-refractivity contribution < 1.29 is 37.0 Å². The number of nitrogens with zero attached hydrogens (tertiary/aromatic N) is 3. The molecule has 3 atom stereocenters. The molecule has 0 aliphatic carbocycles. The summed E-state index contributed by atoms with van der Waals surface area (Å²) in [5.41, 5.74) is 0. The molecule has 0 spiro atoms. The summed E-state index contributed by atoms with van der Waals surface area (Å²) < 4.78 is 42.9. The van der Waals surface area contributed by atoms with E-state index in [1.807, 2.05) is 18.2 Å². The van der Waals surface area contributed by atoms with Gasteiger partial charge in [0.1, 0.15) is 5.76 Å². The van der Waals surface area contributed by atoms with Gasteiger partial charge in [-0.05, 0) is 24.1 Å². The average Bonchev–Trinajstić information content (AvgIpc) is 3.46. The summed E-state index contributed by atoms with van der Waals surface area (Å²) in [5.74, 6) is -0.639. The van der Waals surface area contributed by atoms with Gasteiger partial charge in [-0.3, -0.25) is 4.79 Å². The molecule has 0 aromatic carbocycles. The van der Waals surface area contributed by atoms with E-state index in [0.717, 1.165) is 24.8 Å². The smallest absolute Gasteiger partial charge is 0.475 e. The molecule has 0 saturated carbocycles. The van der Waals surface area contributed by atoms with Gasteiger partial charge >= 0.3 is 12.1 Å². The molecule has 0 radical (unpaired) electrons. The number of halogens is 3. The van der Waals surface area contributed by atoms with Crippen LogP contribution in [0.25, 0.3) is 0 Å². The Bertz CT molecular complexity index is 863. The SMILES string of the molecule is O=C(C[C@@H]1CO[C@@H]2CN(c3ncccn3)C[C@H]12)NCc1ccco1.O=C(O)C(F)(F)F. The van der Waals surface area contributed by atoms with E-state index in [1.165, 1.54) is 0 Å². The fourth-order valence-corrected chi connectivity index (χ4v) is 3.54. The Morgan fingerprint density at radius 2 is 1.94 bits per heavy atom. The van der Waals surface area contributed by atoms with Gasteiger partial charge in [0.2, 0.25) is 11.9 Å². The minimum Gasteiger partial charge on any atom is -0.475 e. The fraction of sp³-hybridized carbons (Fsp3) is 0.474. The van der Waals surface area contributed by atoms with Gasteiger partial charge in [-0.2, -0.15) is 13.2 Å². The normalized spacial score (nSPS) is 22.4. The summed E-state index contributed by atoms with van der Waals surface area (Å²) in [6.45, 7) is 2.70. The first-order valence-corrected chi connectivity index (χ1v) is 9.47. The van der Waals surface area contributed by atoms with Gasteiger partial charge in [-0.1, -0.05) is 0 Å². The largest absolute Gasteiger partial charge is 0.490 e. The number of carbonyl (C=O) groups excluding carboxylic acids is 1. The van der Waals surface area contributed by atoms with E-state index in [0.29, 0.717) is 25.5 Å². The number of ether oxygens (including phenoxy) is 1. The average molecular weight is 442 g/mol. The van der Waals surface area contributed by atoms with E-state index in [4.69, 9.17) is 19.1 Å². The summed E-state index contributed by atoms with van der Waals surface area (Å²) >= 11 is 0. The summed E-state index contributed by atoms with van der Waals surface area (Å²) in [6, 6.07) is 5.47. The molecule has 9 nitrogen and oxygen atoms in total. The number of anilines is 1. The number of amides is 1. The van der Waals surface area contributed by atoms with Gasteiger partial charge in [-0.25, -0.2) is 14.8 Å². The first-order chi connectivity index (χ1) is 14.7. The standard InChI is InChI=1S/C17H20N4O3.C2HF3O2/c22-16(20-8-13-3-1-6-23-13)7-12-11-24-15-10-21(9-14(12)15)17-18-4-2-5-19-17;3-2(4,5)1(6)7/h1-6,12,14-15H,7-11H2,(H,20,22);(H,6,7)/t12-,14-,15-;/m1./s1. The molecule has 12 heteroatoms. The number of carboxylic acid groups (broad SMARTS) is 1. The monoisotopic (exact) mass is 442 g/mol. The molecule has 2 N–H and O–H groups in total. The van der Waals surface area contributed by atoms with Crippen LogP contribution in [-0.4, -0.2) is 58.9 Å². The van der Waals surface area contributed by atoms with E-state index in [2.05, 4.69) is 20.2 Å². The highest BCUT2D eigenvalue weighted by atomic mass is 19.4. The zero-order chi connectivity index (χ0) is 22.4. The molecule has 2 saturated heterocycles. The van der Waals surface area contributed by atoms with Gasteiger partial charge in [0, 0.05) is 37.8 Å². The van der Waals surface area contributed by atoms with Crippen molar-refractivity contribution in [2.45, 2.75) is 25.2 Å². The zero-order valence-electron chi connectivity index (χ0n) is 16.3.